The van der Waals surface area contributed by atoms with Crippen molar-refractivity contribution in [3.8, 4) is 0 Å². The van der Waals surface area contributed by atoms with E-state index in [0.29, 0.717) is 0 Å². The minimum atomic E-state index is 0. The zero-order chi connectivity index (χ0) is 8.67. The third kappa shape index (κ3) is 1.33. The van der Waals surface area contributed by atoms with Gasteiger partial charge < -0.3 is 9.89 Å². The molecule has 0 saturated heterocycles. The smallest absolute Gasteiger partial charge is 0.0512 e. The second-order valence-electron chi connectivity index (χ2n) is 3.21. The van der Waals surface area contributed by atoms with Crippen molar-refractivity contribution in [3.05, 3.63) is 41.6 Å². The van der Waals surface area contributed by atoms with Gasteiger partial charge in [-0.15, -0.1) is 35.4 Å². The summed E-state index contributed by atoms with van der Waals surface area (Å²) in [5, 5.41) is 0. The second-order valence-corrected chi connectivity index (χ2v) is 3.21. The first-order valence-electron chi connectivity index (χ1n) is 4.45. The number of hydrogen-bond acceptors (Lipinski definition) is 2. The van der Waals surface area contributed by atoms with Gasteiger partial charge >= 0.3 is 0 Å². The van der Waals surface area contributed by atoms with E-state index >= 15 is 0 Å². The standard InChI is InChI=1S/C11H9N2.Ir/c1-2-4-10-9(3-1)5-7-13-8-6-12-11(10)13;/h1-3,5,7H,6,8H2;/q-1;. The fraction of sp³-hybridized carbons (Fsp3) is 0.182. The van der Waals surface area contributed by atoms with E-state index in [1.165, 1.54) is 5.56 Å². The van der Waals surface area contributed by atoms with E-state index in [4.69, 9.17) is 0 Å². The molecule has 2 nitrogen and oxygen atoms in total. The Bertz CT molecular complexity index is 410. The summed E-state index contributed by atoms with van der Waals surface area (Å²) in [5.74, 6) is 1.08. The molecule has 2 heterocycles. The van der Waals surface area contributed by atoms with Gasteiger partial charge in [-0.25, -0.2) is 0 Å². The predicted octanol–water partition coefficient (Wildman–Crippen LogP) is 1.53. The Hall–Kier alpha value is -0.921. The van der Waals surface area contributed by atoms with Gasteiger partial charge in [0.1, 0.15) is 0 Å². The van der Waals surface area contributed by atoms with E-state index < -0.39 is 0 Å². The molecule has 3 rings (SSSR count). The van der Waals surface area contributed by atoms with Crippen LogP contribution in [0.25, 0.3) is 6.08 Å². The first-order chi connectivity index (χ1) is 6.45. The van der Waals surface area contributed by atoms with Crippen molar-refractivity contribution in [2.24, 2.45) is 4.99 Å². The summed E-state index contributed by atoms with van der Waals surface area (Å²) in [6, 6.07) is 9.28. The Morgan fingerprint density at radius 1 is 1.43 bits per heavy atom. The van der Waals surface area contributed by atoms with Crippen molar-refractivity contribution < 1.29 is 20.1 Å². The minimum Gasteiger partial charge on any atom is -0.371 e. The molecule has 14 heavy (non-hydrogen) atoms. The Balaban J connectivity index is 0.000000750. The molecule has 0 amide bonds. The second kappa shape index (κ2) is 3.68. The monoisotopic (exact) mass is 362 g/mol. The third-order valence-corrected chi connectivity index (χ3v) is 2.42. The van der Waals surface area contributed by atoms with Gasteiger partial charge in [-0.2, -0.15) is 0 Å². The van der Waals surface area contributed by atoms with Gasteiger partial charge in [0.2, 0.25) is 0 Å². The molecule has 2 aliphatic rings. The van der Waals surface area contributed by atoms with Crippen LogP contribution in [0.2, 0.25) is 0 Å². The zero-order valence-corrected chi connectivity index (χ0v) is 9.92. The first kappa shape index (κ1) is 9.63. The fourth-order valence-electron chi connectivity index (χ4n) is 1.78. The SMILES string of the molecule is [Ir].[c-]1cccc2c1C1=NCCN1C=C2. The molecular weight excluding hydrogens is 352 g/mol. The fourth-order valence-corrected chi connectivity index (χ4v) is 1.78. The van der Waals surface area contributed by atoms with Gasteiger partial charge in [0, 0.05) is 33.2 Å². The molecule has 0 unspecified atom stereocenters. The van der Waals surface area contributed by atoms with E-state index in [1.54, 1.807) is 0 Å². The van der Waals surface area contributed by atoms with Gasteiger partial charge in [-0.1, -0.05) is 6.08 Å². The molecule has 0 fully saturated rings. The number of nitrogens with zero attached hydrogens (tertiary/aromatic N) is 2. The van der Waals surface area contributed by atoms with Crippen molar-refractivity contribution in [1.82, 2.24) is 4.90 Å². The molecule has 0 aliphatic carbocycles. The molecule has 1 radical (unpaired) electrons. The van der Waals surface area contributed by atoms with Crippen LogP contribution in [0.1, 0.15) is 11.1 Å². The summed E-state index contributed by atoms with van der Waals surface area (Å²) in [5.41, 5.74) is 2.36. The summed E-state index contributed by atoms with van der Waals surface area (Å²) < 4.78 is 0. The van der Waals surface area contributed by atoms with Crippen LogP contribution in [0.15, 0.2) is 29.4 Å². The molecule has 0 N–H and O–H groups in total. The third-order valence-electron chi connectivity index (χ3n) is 2.42. The quantitative estimate of drug-likeness (QED) is 0.640. The first-order valence-corrected chi connectivity index (χ1v) is 4.45. The van der Waals surface area contributed by atoms with Crippen molar-refractivity contribution in [2.45, 2.75) is 0 Å². The van der Waals surface area contributed by atoms with E-state index in [0.717, 1.165) is 24.5 Å². The molecule has 2 aliphatic heterocycles. The Kier molecular flexibility index (Phi) is 2.53. The topological polar surface area (TPSA) is 15.6 Å². The van der Waals surface area contributed by atoms with Crippen LogP contribution in [0.3, 0.4) is 0 Å². The number of benzene rings is 1. The van der Waals surface area contributed by atoms with Gasteiger partial charge in [-0.05, 0) is 6.20 Å². The summed E-state index contributed by atoms with van der Waals surface area (Å²) in [4.78, 5) is 6.64. The van der Waals surface area contributed by atoms with Crippen LogP contribution in [-0.4, -0.2) is 23.8 Å². The molecular formula is C11H9IrN2-. The van der Waals surface area contributed by atoms with Crippen molar-refractivity contribution in [1.29, 1.82) is 0 Å². The van der Waals surface area contributed by atoms with Crippen LogP contribution in [0.4, 0.5) is 0 Å². The number of rotatable bonds is 0. The zero-order valence-electron chi connectivity index (χ0n) is 7.53. The molecule has 0 saturated carbocycles. The van der Waals surface area contributed by atoms with Crippen LogP contribution in [0.5, 0.6) is 0 Å². The minimum absolute atomic E-state index is 0. The predicted molar refractivity (Wildman–Crippen MR) is 52.4 cm³/mol. The van der Waals surface area contributed by atoms with Gasteiger partial charge in [0.15, 0.2) is 0 Å². The van der Waals surface area contributed by atoms with E-state index in [-0.39, 0.29) is 20.1 Å². The number of aliphatic imine (C=N–C) groups is 1. The normalized spacial score (nSPS) is 16.9. The van der Waals surface area contributed by atoms with Gasteiger partial charge in [0.25, 0.3) is 0 Å². The van der Waals surface area contributed by atoms with E-state index in [2.05, 4.69) is 34.3 Å². The molecule has 73 valence electrons. The van der Waals surface area contributed by atoms with Crippen LogP contribution < -0.4 is 0 Å². The molecule has 0 spiro atoms. The molecule has 0 atom stereocenters. The summed E-state index contributed by atoms with van der Waals surface area (Å²) in [6.07, 6.45) is 4.22. The van der Waals surface area contributed by atoms with Crippen molar-refractivity contribution in [2.75, 3.05) is 13.1 Å². The Labute approximate surface area is 96.7 Å². The Morgan fingerprint density at radius 3 is 3.29 bits per heavy atom. The van der Waals surface area contributed by atoms with Crippen LogP contribution in [-0.2, 0) is 20.1 Å². The summed E-state index contributed by atoms with van der Waals surface area (Å²) >= 11 is 0. The molecule has 3 heteroatoms. The maximum Gasteiger partial charge on any atom is 0.0512 e. The average Bonchev–Trinajstić information content (AvgIpc) is 2.65. The maximum absolute atomic E-state index is 4.46. The molecule has 0 aromatic heterocycles. The largest absolute Gasteiger partial charge is 0.371 e. The summed E-state index contributed by atoms with van der Waals surface area (Å²) in [6.45, 7) is 1.91. The molecule has 0 bridgehead atoms. The van der Waals surface area contributed by atoms with E-state index in [1.807, 2.05) is 12.1 Å². The van der Waals surface area contributed by atoms with Gasteiger partial charge in [-0.3, -0.25) is 0 Å². The number of amidine groups is 1. The number of fused-ring (bicyclic) bond motifs is 3. The molecule has 1 aromatic carbocycles. The van der Waals surface area contributed by atoms with Crippen LogP contribution >= 0.6 is 0 Å². The van der Waals surface area contributed by atoms with E-state index in [9.17, 15) is 0 Å². The van der Waals surface area contributed by atoms with Crippen molar-refractivity contribution in [3.63, 3.8) is 0 Å². The average molecular weight is 361 g/mol. The van der Waals surface area contributed by atoms with Gasteiger partial charge in [0.05, 0.1) is 5.84 Å². The maximum atomic E-state index is 4.46. The Morgan fingerprint density at radius 2 is 2.36 bits per heavy atom. The summed E-state index contributed by atoms with van der Waals surface area (Å²) in [7, 11) is 0. The van der Waals surface area contributed by atoms with Crippen molar-refractivity contribution >= 4 is 11.9 Å². The number of hydrogen-bond donors (Lipinski definition) is 0. The molecule has 1 aromatic rings. The van der Waals surface area contributed by atoms with Crippen LogP contribution in [0, 0.1) is 6.07 Å².